The number of ether oxygens (including phenoxy) is 2. The van der Waals surface area contributed by atoms with E-state index in [1.165, 1.54) is 0 Å². The van der Waals surface area contributed by atoms with Crippen molar-refractivity contribution in [1.29, 1.82) is 0 Å². The summed E-state index contributed by atoms with van der Waals surface area (Å²) in [6.45, 7) is 0. The highest BCUT2D eigenvalue weighted by Gasteiger charge is 2.09. The van der Waals surface area contributed by atoms with Crippen LogP contribution in [0.2, 0.25) is 0 Å². The Balaban J connectivity index is 1.56. The normalized spacial score (nSPS) is 11.1. The van der Waals surface area contributed by atoms with Gasteiger partial charge in [0.2, 0.25) is 5.91 Å². The van der Waals surface area contributed by atoms with E-state index in [-0.39, 0.29) is 12.3 Å². The number of hydrogen-bond acceptors (Lipinski definition) is 4. The van der Waals surface area contributed by atoms with E-state index in [1.54, 1.807) is 32.6 Å². The Morgan fingerprint density at radius 2 is 1.50 bits per heavy atom. The minimum absolute atomic E-state index is 0.188. The molecule has 0 aliphatic heterocycles. The quantitative estimate of drug-likeness (QED) is 0.291. The predicted molar refractivity (Wildman–Crippen MR) is 120 cm³/mol. The van der Waals surface area contributed by atoms with E-state index < -0.39 is 0 Å². The second-order valence-corrected chi connectivity index (χ2v) is 6.89. The van der Waals surface area contributed by atoms with Gasteiger partial charge in [0.05, 0.1) is 26.9 Å². The summed E-state index contributed by atoms with van der Waals surface area (Å²) in [4.78, 5) is 12.4. The van der Waals surface area contributed by atoms with Crippen LogP contribution in [0.5, 0.6) is 11.5 Å². The van der Waals surface area contributed by atoms with Crippen molar-refractivity contribution in [3.8, 4) is 11.5 Å². The number of hydrazone groups is 1. The molecule has 4 aromatic carbocycles. The average molecular weight is 398 g/mol. The highest BCUT2D eigenvalue weighted by Crippen LogP contribution is 2.28. The summed E-state index contributed by atoms with van der Waals surface area (Å²) in [5, 5.41) is 8.68. The van der Waals surface area contributed by atoms with Crippen molar-refractivity contribution in [2.45, 2.75) is 6.42 Å². The molecule has 4 rings (SSSR count). The van der Waals surface area contributed by atoms with Crippen molar-refractivity contribution >= 4 is 33.7 Å². The van der Waals surface area contributed by atoms with Gasteiger partial charge in [0.25, 0.3) is 0 Å². The van der Waals surface area contributed by atoms with Gasteiger partial charge in [-0.1, -0.05) is 54.6 Å². The largest absolute Gasteiger partial charge is 0.493 e. The van der Waals surface area contributed by atoms with Crippen LogP contribution in [0.4, 0.5) is 0 Å². The molecule has 0 aromatic heterocycles. The van der Waals surface area contributed by atoms with E-state index in [0.717, 1.165) is 32.7 Å². The smallest absolute Gasteiger partial charge is 0.244 e. The number of nitrogens with zero attached hydrogens (tertiary/aromatic N) is 1. The van der Waals surface area contributed by atoms with E-state index >= 15 is 0 Å². The van der Waals surface area contributed by atoms with Crippen molar-refractivity contribution in [1.82, 2.24) is 5.43 Å². The molecule has 1 N–H and O–H groups in total. The lowest BCUT2D eigenvalue weighted by molar-refractivity contribution is -0.120. The standard InChI is InChI=1S/C25H22N2O3/c1-29-23-12-11-17(13-24(23)30-2)14-25(28)27-26-16-22-20-9-5-3-7-18(20)15-19-8-4-6-10-21(19)22/h3-13,15-16H,14H2,1-2H3,(H,27,28). The predicted octanol–water partition coefficient (Wildman–Crippen LogP) is 4.70. The molecule has 0 unspecified atom stereocenters. The summed E-state index contributed by atoms with van der Waals surface area (Å²) in [5.41, 5.74) is 4.43. The molecule has 0 spiro atoms. The van der Waals surface area contributed by atoms with Crippen LogP contribution in [-0.4, -0.2) is 26.3 Å². The maximum atomic E-state index is 12.4. The van der Waals surface area contributed by atoms with Gasteiger partial charge in [-0.15, -0.1) is 0 Å². The Labute approximate surface area is 174 Å². The van der Waals surface area contributed by atoms with Crippen molar-refractivity contribution in [3.05, 3.63) is 83.9 Å². The van der Waals surface area contributed by atoms with Gasteiger partial charge in [-0.3, -0.25) is 4.79 Å². The van der Waals surface area contributed by atoms with Gasteiger partial charge in [-0.25, -0.2) is 5.43 Å². The molecular formula is C25H22N2O3. The van der Waals surface area contributed by atoms with E-state index in [9.17, 15) is 4.79 Å². The number of carbonyl (C=O) groups excluding carboxylic acids is 1. The number of methoxy groups -OCH3 is 2. The van der Waals surface area contributed by atoms with Crippen LogP contribution in [0.25, 0.3) is 21.5 Å². The SMILES string of the molecule is COc1ccc(CC(=O)NN=Cc2c3ccccc3cc3ccccc23)cc1OC. The van der Waals surface area contributed by atoms with Gasteiger partial charge < -0.3 is 9.47 Å². The number of carbonyl (C=O) groups is 1. The highest BCUT2D eigenvalue weighted by atomic mass is 16.5. The number of nitrogens with one attached hydrogen (secondary N) is 1. The molecule has 1 amide bonds. The monoisotopic (exact) mass is 398 g/mol. The van der Waals surface area contributed by atoms with E-state index in [2.05, 4.69) is 40.9 Å². The number of rotatable bonds is 6. The van der Waals surface area contributed by atoms with Crippen molar-refractivity contribution in [2.75, 3.05) is 14.2 Å². The Kier molecular flexibility index (Phi) is 5.61. The third-order valence-corrected chi connectivity index (χ3v) is 5.01. The molecule has 0 bridgehead atoms. The molecule has 0 atom stereocenters. The molecule has 150 valence electrons. The Morgan fingerprint density at radius 1 is 0.867 bits per heavy atom. The zero-order valence-corrected chi connectivity index (χ0v) is 16.9. The summed E-state index contributed by atoms with van der Waals surface area (Å²) >= 11 is 0. The maximum Gasteiger partial charge on any atom is 0.244 e. The number of hydrogen-bond donors (Lipinski definition) is 1. The number of benzene rings is 4. The van der Waals surface area contributed by atoms with Crippen molar-refractivity contribution in [3.63, 3.8) is 0 Å². The molecule has 5 nitrogen and oxygen atoms in total. The molecule has 0 heterocycles. The van der Waals surface area contributed by atoms with E-state index in [0.29, 0.717) is 11.5 Å². The average Bonchev–Trinajstić information content (AvgIpc) is 2.78. The lowest BCUT2D eigenvalue weighted by Crippen LogP contribution is -2.19. The lowest BCUT2D eigenvalue weighted by Gasteiger charge is -2.09. The summed E-state index contributed by atoms with van der Waals surface area (Å²) in [6.07, 6.45) is 1.91. The minimum atomic E-state index is -0.206. The topological polar surface area (TPSA) is 59.9 Å². The zero-order chi connectivity index (χ0) is 20.9. The van der Waals surface area contributed by atoms with Gasteiger partial charge in [-0.2, -0.15) is 5.10 Å². The van der Waals surface area contributed by atoms with Crippen LogP contribution >= 0.6 is 0 Å². The maximum absolute atomic E-state index is 12.4. The second kappa shape index (κ2) is 8.66. The van der Waals surface area contributed by atoms with Gasteiger partial charge >= 0.3 is 0 Å². The van der Waals surface area contributed by atoms with Crippen molar-refractivity contribution < 1.29 is 14.3 Å². The Hall–Kier alpha value is -3.86. The fourth-order valence-corrected chi connectivity index (χ4v) is 3.57. The second-order valence-electron chi connectivity index (χ2n) is 6.89. The number of fused-ring (bicyclic) bond motifs is 2. The molecule has 0 saturated carbocycles. The van der Waals surface area contributed by atoms with Gasteiger partial charge in [0, 0.05) is 5.56 Å². The first kappa shape index (κ1) is 19.5. The lowest BCUT2D eigenvalue weighted by atomic mass is 9.97. The van der Waals surface area contributed by atoms with Crippen LogP contribution < -0.4 is 14.9 Å². The molecule has 0 aliphatic carbocycles. The first-order chi connectivity index (χ1) is 14.7. The first-order valence-electron chi connectivity index (χ1n) is 9.63. The molecule has 5 heteroatoms. The molecule has 0 fully saturated rings. The third kappa shape index (κ3) is 3.96. The summed E-state index contributed by atoms with van der Waals surface area (Å²) in [7, 11) is 3.15. The molecule has 4 aromatic rings. The van der Waals surface area contributed by atoms with Gasteiger partial charge in [0.15, 0.2) is 11.5 Å². The number of amides is 1. The highest BCUT2D eigenvalue weighted by molar-refractivity contribution is 6.13. The minimum Gasteiger partial charge on any atom is -0.493 e. The molecule has 0 aliphatic rings. The van der Waals surface area contributed by atoms with Crippen molar-refractivity contribution in [2.24, 2.45) is 5.10 Å². The van der Waals surface area contributed by atoms with Crippen LogP contribution in [-0.2, 0) is 11.2 Å². The summed E-state index contributed by atoms with van der Waals surface area (Å²) in [5.74, 6) is 1.01. The summed E-state index contributed by atoms with van der Waals surface area (Å²) in [6, 6.07) is 23.9. The molecule has 30 heavy (non-hydrogen) atoms. The van der Waals surface area contributed by atoms with Crippen LogP contribution in [0, 0.1) is 0 Å². The fourth-order valence-electron chi connectivity index (χ4n) is 3.57. The Bertz CT molecular complexity index is 1190. The fraction of sp³-hybridized carbons (Fsp3) is 0.120. The van der Waals surface area contributed by atoms with Crippen LogP contribution in [0.15, 0.2) is 77.9 Å². The third-order valence-electron chi connectivity index (χ3n) is 5.01. The van der Waals surface area contributed by atoms with Crippen LogP contribution in [0.1, 0.15) is 11.1 Å². The molecule has 0 radical (unpaired) electrons. The Morgan fingerprint density at radius 3 is 2.13 bits per heavy atom. The molecular weight excluding hydrogens is 376 g/mol. The van der Waals surface area contributed by atoms with E-state index in [1.807, 2.05) is 30.3 Å². The summed E-state index contributed by atoms with van der Waals surface area (Å²) < 4.78 is 10.5. The molecule has 0 saturated heterocycles. The van der Waals surface area contributed by atoms with E-state index in [4.69, 9.17) is 9.47 Å². The van der Waals surface area contributed by atoms with Crippen LogP contribution in [0.3, 0.4) is 0 Å². The zero-order valence-electron chi connectivity index (χ0n) is 16.9. The first-order valence-corrected chi connectivity index (χ1v) is 9.63. The van der Waals surface area contributed by atoms with Gasteiger partial charge in [-0.05, 0) is 45.3 Å². The van der Waals surface area contributed by atoms with Gasteiger partial charge in [0.1, 0.15) is 0 Å².